The second-order valence-corrected chi connectivity index (χ2v) is 13.8. The number of benzene rings is 1. The first kappa shape index (κ1) is 23.1. The molecule has 1 saturated heterocycles. The topological polar surface area (TPSA) is 62.2 Å². The molecule has 2 saturated carbocycles. The van der Waals surface area contributed by atoms with Gasteiger partial charge in [0, 0.05) is 36.6 Å². The van der Waals surface area contributed by atoms with Crippen LogP contribution in [0.15, 0.2) is 12.1 Å². The van der Waals surface area contributed by atoms with E-state index in [4.69, 9.17) is 9.47 Å². The third-order valence-corrected chi connectivity index (χ3v) is 11.4. The van der Waals surface area contributed by atoms with Gasteiger partial charge >= 0.3 is 0 Å². The van der Waals surface area contributed by atoms with Crippen molar-refractivity contribution in [1.82, 2.24) is 4.90 Å². The number of aromatic hydroxyl groups is 1. The monoisotopic (exact) mass is 469 g/mol. The van der Waals surface area contributed by atoms with E-state index in [9.17, 15) is 10.2 Å². The fraction of sp³-hybridized carbons (Fsp3) is 0.793. The number of phenolic OH excluding ortho intramolecular Hbond substituents is 1. The summed E-state index contributed by atoms with van der Waals surface area (Å²) in [6, 6.07) is 4.35. The molecule has 5 aliphatic rings. The summed E-state index contributed by atoms with van der Waals surface area (Å²) in [5.74, 6) is 1.63. The van der Waals surface area contributed by atoms with E-state index in [-0.39, 0.29) is 34.0 Å². The van der Waals surface area contributed by atoms with Crippen LogP contribution in [0.2, 0.25) is 0 Å². The normalized spacial score (nSPS) is 42.6. The quantitative estimate of drug-likeness (QED) is 0.672. The van der Waals surface area contributed by atoms with Crippen LogP contribution in [0.4, 0.5) is 0 Å². The molecule has 1 unspecified atom stereocenters. The van der Waals surface area contributed by atoms with Gasteiger partial charge in [-0.3, -0.25) is 4.90 Å². The number of piperidine rings is 1. The second kappa shape index (κ2) is 6.72. The van der Waals surface area contributed by atoms with Gasteiger partial charge in [-0.2, -0.15) is 0 Å². The van der Waals surface area contributed by atoms with Crippen molar-refractivity contribution in [2.45, 2.75) is 102 Å². The van der Waals surface area contributed by atoms with Gasteiger partial charge < -0.3 is 19.7 Å². The van der Waals surface area contributed by atoms with Crippen molar-refractivity contribution in [3.05, 3.63) is 23.3 Å². The van der Waals surface area contributed by atoms with Crippen LogP contribution in [0.1, 0.15) is 78.4 Å². The molecule has 1 aromatic rings. The minimum Gasteiger partial charge on any atom is -0.504 e. The van der Waals surface area contributed by atoms with Crippen molar-refractivity contribution in [1.29, 1.82) is 0 Å². The largest absolute Gasteiger partial charge is 0.504 e. The zero-order chi connectivity index (χ0) is 24.5. The minimum atomic E-state index is -0.960. The third-order valence-electron chi connectivity index (χ3n) is 11.4. The Balaban J connectivity index is 1.59. The SMILES string of the molecule is COC1(C)[C@@H]([C@](C)(O)C(C)(C)C)C[C@]2(C)[C@H]3Cc4ccc(O)c5c4[C@@]2(CCN3CC2CC2)[C@H]1O5. The minimum absolute atomic E-state index is 0.0885. The van der Waals surface area contributed by atoms with E-state index in [2.05, 4.69) is 45.6 Å². The maximum Gasteiger partial charge on any atom is 0.165 e. The second-order valence-electron chi connectivity index (χ2n) is 13.8. The molecule has 2 heterocycles. The summed E-state index contributed by atoms with van der Waals surface area (Å²) in [6.07, 6.45) is 5.32. The van der Waals surface area contributed by atoms with Crippen LogP contribution in [-0.4, -0.2) is 58.7 Å². The van der Waals surface area contributed by atoms with E-state index >= 15 is 0 Å². The summed E-state index contributed by atoms with van der Waals surface area (Å²) < 4.78 is 13.3. The first-order valence-corrected chi connectivity index (χ1v) is 13.3. The highest BCUT2D eigenvalue weighted by Gasteiger charge is 2.77. The molecule has 0 amide bonds. The Bertz CT molecular complexity index is 1030. The van der Waals surface area contributed by atoms with Crippen molar-refractivity contribution >= 4 is 0 Å². The number of hydrogen-bond donors (Lipinski definition) is 2. The summed E-state index contributed by atoms with van der Waals surface area (Å²) in [6.45, 7) is 15.3. The molecule has 3 aliphatic carbocycles. The smallest absolute Gasteiger partial charge is 0.165 e. The molecular weight excluding hydrogens is 426 g/mol. The molecule has 1 spiro atoms. The summed E-state index contributed by atoms with van der Waals surface area (Å²) >= 11 is 0. The maximum atomic E-state index is 12.2. The van der Waals surface area contributed by atoms with Gasteiger partial charge in [-0.05, 0) is 80.9 Å². The lowest BCUT2D eigenvalue weighted by molar-refractivity contribution is -0.270. The number of aliphatic hydroxyl groups is 1. The standard InChI is InChI=1S/C29H43NO4/c1-25(2,3)28(6,32)20-15-26(4)21-14-18-10-11-19(31)23-22(18)29(26,24(34-23)27(20,5)33-7)12-13-30(21)16-17-8-9-17/h10-11,17,20-21,24,31-32H,8-9,12-16H2,1-7H3/t20-,21+,24-,26+,27?,28-,29-/m0/s1. The van der Waals surface area contributed by atoms with E-state index in [1.54, 1.807) is 7.11 Å². The predicted octanol–water partition coefficient (Wildman–Crippen LogP) is 4.66. The molecule has 5 nitrogen and oxygen atoms in total. The zero-order valence-corrected chi connectivity index (χ0v) is 22.1. The number of nitrogens with zero attached hydrogens (tertiary/aromatic N) is 1. The number of phenols is 1. The molecule has 6 rings (SSSR count). The summed E-state index contributed by atoms with van der Waals surface area (Å²) in [5, 5.41) is 23.1. The van der Waals surface area contributed by atoms with Crippen molar-refractivity contribution in [2.75, 3.05) is 20.2 Å². The summed E-state index contributed by atoms with van der Waals surface area (Å²) in [7, 11) is 1.78. The van der Waals surface area contributed by atoms with Crippen molar-refractivity contribution in [3.63, 3.8) is 0 Å². The molecule has 0 aromatic heterocycles. The van der Waals surface area contributed by atoms with Crippen LogP contribution in [0.25, 0.3) is 0 Å². The Morgan fingerprint density at radius 3 is 2.50 bits per heavy atom. The van der Waals surface area contributed by atoms with Gasteiger partial charge in [0.1, 0.15) is 11.7 Å². The van der Waals surface area contributed by atoms with E-state index in [0.717, 1.165) is 31.7 Å². The number of rotatable bonds is 4. The van der Waals surface area contributed by atoms with Crippen LogP contribution >= 0.6 is 0 Å². The number of methoxy groups -OCH3 is 1. The van der Waals surface area contributed by atoms with Crippen LogP contribution in [0, 0.1) is 22.7 Å². The highest BCUT2D eigenvalue weighted by Crippen LogP contribution is 2.73. The highest BCUT2D eigenvalue weighted by molar-refractivity contribution is 5.62. The fourth-order valence-electron chi connectivity index (χ4n) is 8.72. The van der Waals surface area contributed by atoms with E-state index in [1.807, 2.05) is 13.0 Å². The lowest BCUT2D eigenvalue weighted by atomic mass is 9.38. The van der Waals surface area contributed by atoms with Crippen molar-refractivity contribution in [2.24, 2.45) is 22.7 Å². The molecule has 2 aliphatic heterocycles. The van der Waals surface area contributed by atoms with Crippen LogP contribution < -0.4 is 4.74 Å². The number of hydrogen-bond acceptors (Lipinski definition) is 5. The number of ether oxygens (including phenoxy) is 2. The molecule has 188 valence electrons. The lowest BCUT2D eigenvalue weighted by Gasteiger charge is -2.70. The highest BCUT2D eigenvalue weighted by atomic mass is 16.6. The molecule has 2 N–H and O–H groups in total. The van der Waals surface area contributed by atoms with E-state index < -0.39 is 11.2 Å². The Morgan fingerprint density at radius 1 is 1.18 bits per heavy atom. The van der Waals surface area contributed by atoms with Gasteiger partial charge in [0.2, 0.25) is 0 Å². The molecule has 7 atom stereocenters. The molecular formula is C29H43NO4. The Kier molecular flexibility index (Phi) is 4.57. The summed E-state index contributed by atoms with van der Waals surface area (Å²) in [5.41, 5.74) is 0.271. The van der Waals surface area contributed by atoms with Gasteiger partial charge in [0.15, 0.2) is 11.5 Å². The van der Waals surface area contributed by atoms with Crippen LogP contribution in [0.3, 0.4) is 0 Å². The molecule has 2 bridgehead atoms. The zero-order valence-electron chi connectivity index (χ0n) is 22.1. The van der Waals surface area contributed by atoms with Gasteiger partial charge in [0.25, 0.3) is 0 Å². The van der Waals surface area contributed by atoms with Gasteiger partial charge in [-0.25, -0.2) is 0 Å². The molecule has 3 fully saturated rings. The average Bonchev–Trinajstić information content (AvgIpc) is 3.49. The Labute approximate surface area is 204 Å². The van der Waals surface area contributed by atoms with Gasteiger partial charge in [-0.1, -0.05) is 33.8 Å². The van der Waals surface area contributed by atoms with E-state index in [0.29, 0.717) is 11.8 Å². The Morgan fingerprint density at radius 2 is 1.88 bits per heavy atom. The van der Waals surface area contributed by atoms with Crippen LogP contribution in [-0.2, 0) is 16.6 Å². The first-order valence-electron chi connectivity index (χ1n) is 13.3. The lowest BCUT2D eigenvalue weighted by Crippen LogP contribution is -2.79. The molecule has 0 radical (unpaired) electrons. The third kappa shape index (κ3) is 2.57. The van der Waals surface area contributed by atoms with Crippen molar-refractivity contribution in [3.8, 4) is 11.5 Å². The summed E-state index contributed by atoms with van der Waals surface area (Å²) in [4.78, 5) is 2.77. The fourth-order valence-corrected chi connectivity index (χ4v) is 8.72. The maximum absolute atomic E-state index is 12.2. The Hall–Kier alpha value is -1.30. The van der Waals surface area contributed by atoms with Crippen LogP contribution in [0.5, 0.6) is 11.5 Å². The molecule has 1 aromatic carbocycles. The average molecular weight is 470 g/mol. The first-order chi connectivity index (χ1) is 15.8. The predicted molar refractivity (Wildman–Crippen MR) is 132 cm³/mol. The number of likely N-dealkylation sites (tertiary alicyclic amines) is 1. The van der Waals surface area contributed by atoms with Crippen molar-refractivity contribution < 1.29 is 19.7 Å². The van der Waals surface area contributed by atoms with Gasteiger partial charge in [0.05, 0.1) is 5.60 Å². The molecule has 5 heteroatoms. The van der Waals surface area contributed by atoms with Gasteiger partial charge in [-0.15, -0.1) is 0 Å². The molecule has 34 heavy (non-hydrogen) atoms. The van der Waals surface area contributed by atoms with E-state index in [1.165, 1.54) is 30.5 Å².